The van der Waals surface area contributed by atoms with Crippen LogP contribution in [0.25, 0.3) is 0 Å². The van der Waals surface area contributed by atoms with Crippen LogP contribution < -0.4 is 10.2 Å². The van der Waals surface area contributed by atoms with Crippen molar-refractivity contribution in [3.05, 3.63) is 46.3 Å². The van der Waals surface area contributed by atoms with E-state index >= 15 is 0 Å². The van der Waals surface area contributed by atoms with Gasteiger partial charge in [0.1, 0.15) is 6.73 Å². The van der Waals surface area contributed by atoms with Gasteiger partial charge in [0.05, 0.1) is 24.5 Å². The van der Waals surface area contributed by atoms with Gasteiger partial charge in [-0.25, -0.2) is 19.3 Å². The Morgan fingerprint density at radius 2 is 2.00 bits per heavy atom. The molecule has 2 fully saturated rings. The van der Waals surface area contributed by atoms with Crippen molar-refractivity contribution in [3.8, 4) is 0 Å². The number of piperidine rings is 1. The summed E-state index contributed by atoms with van der Waals surface area (Å²) in [6.45, 7) is 14.9. The molecule has 3 atom stereocenters. The van der Waals surface area contributed by atoms with E-state index in [0.717, 1.165) is 79.0 Å². The van der Waals surface area contributed by atoms with Crippen molar-refractivity contribution in [1.82, 2.24) is 40.1 Å². The van der Waals surface area contributed by atoms with Crippen LogP contribution in [-0.2, 0) is 24.4 Å². The predicted octanol–water partition coefficient (Wildman–Crippen LogP) is 3.12. The molecule has 0 aromatic carbocycles. The summed E-state index contributed by atoms with van der Waals surface area (Å²) in [6, 6.07) is 0.989. The zero-order chi connectivity index (χ0) is 27.3. The highest BCUT2D eigenvalue weighted by Gasteiger charge is 2.45. The van der Waals surface area contributed by atoms with Gasteiger partial charge in [0.25, 0.3) is 5.91 Å². The van der Waals surface area contributed by atoms with Gasteiger partial charge in [-0.2, -0.15) is 5.10 Å². The van der Waals surface area contributed by atoms with Crippen molar-refractivity contribution in [2.24, 2.45) is 11.8 Å². The number of hydrogen-bond acceptors (Lipinski definition) is 8. The van der Waals surface area contributed by atoms with Gasteiger partial charge in [-0.3, -0.25) is 4.79 Å². The molecular formula is C27H39N9O2Si. The first-order valence-corrected chi connectivity index (χ1v) is 17.8. The molecule has 0 bridgehead atoms. The quantitative estimate of drug-likeness (QED) is 0.303. The average molecular weight is 550 g/mol. The number of carbonyl (C=O) groups is 1. The Labute approximate surface area is 230 Å². The summed E-state index contributed by atoms with van der Waals surface area (Å²) >= 11 is 0. The highest BCUT2D eigenvalue weighted by molar-refractivity contribution is 6.76. The van der Waals surface area contributed by atoms with Crippen molar-refractivity contribution >= 4 is 19.9 Å². The van der Waals surface area contributed by atoms with Gasteiger partial charge in [-0.1, -0.05) is 24.9 Å². The molecule has 0 spiro atoms. The number of ether oxygens (including phenoxy) is 1. The SMILES string of the molecule is Cc1nc(N2CC3CC3C2)ncc1Cn1cc(C(=O)N[C@@H]2CCc3c2nn(COCC[Si](C)(C)C)c3C)nn1. The van der Waals surface area contributed by atoms with E-state index in [9.17, 15) is 4.79 Å². The maximum Gasteiger partial charge on any atom is 0.274 e. The molecule has 1 N–H and O–H groups in total. The number of fused-ring (bicyclic) bond motifs is 2. The van der Waals surface area contributed by atoms with Crippen molar-refractivity contribution in [2.45, 2.75) is 78.1 Å². The highest BCUT2D eigenvalue weighted by atomic mass is 28.3. The van der Waals surface area contributed by atoms with E-state index < -0.39 is 8.07 Å². The largest absolute Gasteiger partial charge is 0.360 e. The number of aromatic nitrogens is 7. The van der Waals surface area contributed by atoms with E-state index in [1.54, 1.807) is 10.9 Å². The van der Waals surface area contributed by atoms with E-state index in [-0.39, 0.29) is 11.9 Å². The van der Waals surface area contributed by atoms with Gasteiger partial charge in [-0.15, -0.1) is 5.10 Å². The molecule has 39 heavy (non-hydrogen) atoms. The number of rotatable bonds is 10. The number of hydrogen-bond donors (Lipinski definition) is 1. The zero-order valence-electron chi connectivity index (χ0n) is 23.6. The Morgan fingerprint density at radius 1 is 1.21 bits per heavy atom. The summed E-state index contributed by atoms with van der Waals surface area (Å²) in [4.78, 5) is 24.7. The first-order chi connectivity index (χ1) is 18.6. The molecular weight excluding hydrogens is 510 g/mol. The van der Waals surface area contributed by atoms with Gasteiger partial charge >= 0.3 is 0 Å². The Morgan fingerprint density at radius 3 is 2.74 bits per heavy atom. The molecule has 0 radical (unpaired) electrons. The number of anilines is 1. The number of amides is 1. The predicted molar refractivity (Wildman–Crippen MR) is 149 cm³/mol. The summed E-state index contributed by atoms with van der Waals surface area (Å²) in [5, 5.41) is 16.2. The van der Waals surface area contributed by atoms with E-state index in [1.807, 2.05) is 17.8 Å². The van der Waals surface area contributed by atoms with Crippen LogP contribution in [0, 0.1) is 25.7 Å². The van der Waals surface area contributed by atoms with Crippen LogP contribution in [0.2, 0.25) is 25.7 Å². The van der Waals surface area contributed by atoms with Gasteiger partial charge in [-0.05, 0) is 56.6 Å². The second-order valence-electron chi connectivity index (χ2n) is 12.6. The Bertz CT molecular complexity index is 1370. The molecule has 208 valence electrons. The Kier molecular flexibility index (Phi) is 6.78. The summed E-state index contributed by atoms with van der Waals surface area (Å²) < 4.78 is 9.50. The minimum absolute atomic E-state index is 0.139. The molecule has 1 amide bonds. The van der Waals surface area contributed by atoms with Crippen LogP contribution in [0.3, 0.4) is 0 Å². The smallest absolute Gasteiger partial charge is 0.274 e. The van der Waals surface area contributed by atoms with E-state index in [4.69, 9.17) is 14.8 Å². The van der Waals surface area contributed by atoms with Gasteiger partial charge in [0, 0.05) is 50.9 Å². The zero-order valence-corrected chi connectivity index (χ0v) is 24.6. The number of aryl methyl sites for hydroxylation is 1. The minimum Gasteiger partial charge on any atom is -0.360 e. The molecule has 3 aromatic heterocycles. The lowest BCUT2D eigenvalue weighted by molar-refractivity contribution is 0.0764. The lowest BCUT2D eigenvalue weighted by Gasteiger charge is -2.18. The third-order valence-electron chi connectivity index (χ3n) is 8.32. The van der Waals surface area contributed by atoms with Crippen molar-refractivity contribution in [1.29, 1.82) is 0 Å². The standard InChI is InChI=1S/C27H39N9O2Si/c1-17-21(11-28-27(29-17)34-12-19-10-20(19)13-34)14-35-15-24(31-33-35)26(37)30-23-7-6-22-18(2)36(32-25(22)23)16-38-8-9-39(3,4)5/h11,15,19-20,23H,6-10,12-14,16H2,1-5H3,(H,30,37)/t19?,20?,23-/m1/s1. The van der Waals surface area contributed by atoms with Crippen LogP contribution >= 0.6 is 0 Å². The van der Waals surface area contributed by atoms with Gasteiger partial charge in [0.2, 0.25) is 5.95 Å². The van der Waals surface area contributed by atoms with E-state index in [2.05, 4.69) is 52.1 Å². The molecule has 1 aliphatic heterocycles. The fraction of sp³-hybridized carbons (Fsp3) is 0.630. The third kappa shape index (κ3) is 5.62. The molecule has 4 heterocycles. The number of carbonyl (C=O) groups excluding carboxylic acids is 1. The average Bonchev–Trinajstić information content (AvgIpc) is 3.30. The molecule has 2 aliphatic carbocycles. The third-order valence-corrected chi connectivity index (χ3v) is 10.0. The maximum absolute atomic E-state index is 13.0. The molecule has 12 heteroatoms. The van der Waals surface area contributed by atoms with Crippen LogP contribution in [0.4, 0.5) is 5.95 Å². The molecule has 1 saturated carbocycles. The van der Waals surface area contributed by atoms with Crippen molar-refractivity contribution in [2.75, 3.05) is 24.6 Å². The monoisotopic (exact) mass is 549 g/mol. The summed E-state index contributed by atoms with van der Waals surface area (Å²) in [7, 11) is -1.13. The van der Waals surface area contributed by atoms with Gasteiger partial charge in [0.15, 0.2) is 5.69 Å². The topological polar surface area (TPSA) is 116 Å². The molecule has 2 unspecified atom stereocenters. The number of nitrogens with zero attached hydrogens (tertiary/aromatic N) is 8. The van der Waals surface area contributed by atoms with Crippen LogP contribution in [0.15, 0.2) is 12.4 Å². The fourth-order valence-electron chi connectivity index (χ4n) is 5.65. The summed E-state index contributed by atoms with van der Waals surface area (Å²) in [5.74, 6) is 2.24. The van der Waals surface area contributed by atoms with Crippen molar-refractivity contribution in [3.63, 3.8) is 0 Å². The number of nitrogens with one attached hydrogen (secondary N) is 1. The molecule has 6 rings (SSSR count). The van der Waals surface area contributed by atoms with Crippen LogP contribution in [0.1, 0.15) is 57.6 Å². The molecule has 1 saturated heterocycles. The first kappa shape index (κ1) is 26.1. The van der Waals surface area contributed by atoms with Gasteiger partial charge < -0.3 is 15.0 Å². The summed E-state index contributed by atoms with van der Waals surface area (Å²) in [5.41, 5.74) is 5.45. The maximum atomic E-state index is 13.0. The van der Waals surface area contributed by atoms with Crippen LogP contribution in [0.5, 0.6) is 0 Å². The van der Waals surface area contributed by atoms with Crippen LogP contribution in [-0.4, -0.2) is 68.4 Å². The first-order valence-electron chi connectivity index (χ1n) is 14.1. The van der Waals surface area contributed by atoms with Crippen molar-refractivity contribution < 1.29 is 9.53 Å². The fourth-order valence-corrected chi connectivity index (χ4v) is 6.41. The second-order valence-corrected chi connectivity index (χ2v) is 18.2. The van der Waals surface area contributed by atoms with E-state index in [1.165, 1.54) is 12.0 Å². The second kappa shape index (κ2) is 10.1. The Hall–Kier alpha value is -3.12. The molecule has 11 nitrogen and oxygen atoms in total. The minimum atomic E-state index is -1.13. The lowest BCUT2D eigenvalue weighted by atomic mass is 10.2. The normalized spacial score (nSPS) is 21.8. The molecule has 3 aliphatic rings. The highest BCUT2D eigenvalue weighted by Crippen LogP contribution is 2.45. The van der Waals surface area contributed by atoms with E-state index in [0.29, 0.717) is 19.0 Å². The lowest BCUT2D eigenvalue weighted by Crippen LogP contribution is -2.28. The molecule has 3 aromatic rings. The Balaban J connectivity index is 1.05. The summed E-state index contributed by atoms with van der Waals surface area (Å²) in [6.07, 6.45) is 6.63.